The summed E-state index contributed by atoms with van der Waals surface area (Å²) in [7, 11) is 0. The number of imidazole rings is 1. The first-order chi connectivity index (χ1) is 10.2. The Morgan fingerprint density at radius 2 is 2.19 bits per heavy atom. The summed E-state index contributed by atoms with van der Waals surface area (Å²) in [5.41, 5.74) is 2.45. The number of anilines is 2. The SMILES string of the molecule is CC(C)N(CCCO)c1nc(NN)nc(-n2ccnc2)n1. The molecular formula is C12H20N8O. The van der Waals surface area contributed by atoms with Crippen LogP contribution < -0.4 is 16.2 Å². The standard InChI is InChI=1S/C12H20N8O/c1-9(2)20(5-3-7-21)12-16-10(18-13)15-11(17-12)19-6-4-14-8-19/h4,6,8-9,21H,3,5,7,13H2,1-2H3,(H,15,16,17,18). The molecule has 0 amide bonds. The highest BCUT2D eigenvalue weighted by molar-refractivity contribution is 5.40. The Balaban J connectivity index is 2.39. The number of nitrogen functional groups attached to an aromatic ring is 1. The Kier molecular flexibility index (Phi) is 5.01. The predicted molar refractivity (Wildman–Crippen MR) is 78.9 cm³/mol. The summed E-state index contributed by atoms with van der Waals surface area (Å²) < 4.78 is 1.68. The molecular weight excluding hydrogens is 272 g/mol. The number of nitrogens with two attached hydrogens (primary N) is 1. The summed E-state index contributed by atoms with van der Waals surface area (Å²) in [5.74, 6) is 6.64. The summed E-state index contributed by atoms with van der Waals surface area (Å²) in [6, 6.07) is 0.181. The largest absolute Gasteiger partial charge is 0.396 e. The first kappa shape index (κ1) is 15.1. The number of nitrogens with zero attached hydrogens (tertiary/aromatic N) is 6. The lowest BCUT2D eigenvalue weighted by molar-refractivity contribution is 0.288. The lowest BCUT2D eigenvalue weighted by atomic mass is 10.3. The van der Waals surface area contributed by atoms with E-state index in [9.17, 15) is 0 Å². The van der Waals surface area contributed by atoms with Gasteiger partial charge in [0.05, 0.1) is 0 Å². The normalized spacial score (nSPS) is 10.9. The van der Waals surface area contributed by atoms with E-state index in [2.05, 4.69) is 25.4 Å². The van der Waals surface area contributed by atoms with Gasteiger partial charge in [0.15, 0.2) is 0 Å². The third-order valence-electron chi connectivity index (χ3n) is 2.91. The molecule has 0 spiro atoms. The Morgan fingerprint density at radius 3 is 2.76 bits per heavy atom. The van der Waals surface area contributed by atoms with Gasteiger partial charge in [-0.1, -0.05) is 0 Å². The smallest absolute Gasteiger partial charge is 0.243 e. The van der Waals surface area contributed by atoms with Crippen molar-refractivity contribution in [1.29, 1.82) is 0 Å². The monoisotopic (exact) mass is 292 g/mol. The minimum absolute atomic E-state index is 0.116. The van der Waals surface area contributed by atoms with Gasteiger partial charge < -0.3 is 10.0 Å². The van der Waals surface area contributed by atoms with Crippen LogP contribution in [0.1, 0.15) is 20.3 Å². The molecule has 0 saturated heterocycles. The lowest BCUT2D eigenvalue weighted by Crippen LogP contribution is -2.34. The predicted octanol–water partition coefficient (Wildman–Crippen LogP) is -0.0599. The van der Waals surface area contributed by atoms with Crippen molar-refractivity contribution >= 4 is 11.9 Å². The number of aromatic nitrogens is 5. The first-order valence-corrected chi connectivity index (χ1v) is 6.74. The number of nitrogens with one attached hydrogen (secondary N) is 1. The molecule has 114 valence electrons. The third kappa shape index (κ3) is 3.64. The lowest BCUT2D eigenvalue weighted by Gasteiger charge is -2.26. The fraction of sp³-hybridized carbons (Fsp3) is 0.500. The van der Waals surface area contributed by atoms with Crippen molar-refractivity contribution in [3.8, 4) is 5.95 Å². The Bertz CT molecular complexity index is 556. The molecule has 0 bridgehead atoms. The van der Waals surface area contributed by atoms with E-state index < -0.39 is 0 Å². The van der Waals surface area contributed by atoms with E-state index in [0.29, 0.717) is 24.9 Å². The van der Waals surface area contributed by atoms with Crippen LogP contribution in [0.5, 0.6) is 0 Å². The summed E-state index contributed by atoms with van der Waals surface area (Å²) in [5, 5.41) is 9.02. The third-order valence-corrected chi connectivity index (χ3v) is 2.91. The summed E-state index contributed by atoms with van der Waals surface area (Å²) in [6.07, 6.45) is 5.63. The molecule has 0 aliphatic rings. The molecule has 0 aliphatic carbocycles. The molecule has 2 aromatic rings. The minimum Gasteiger partial charge on any atom is -0.396 e. The summed E-state index contributed by atoms with van der Waals surface area (Å²) >= 11 is 0. The summed E-state index contributed by atoms with van der Waals surface area (Å²) in [4.78, 5) is 18.9. The van der Waals surface area contributed by atoms with Crippen LogP contribution in [-0.2, 0) is 0 Å². The highest BCUT2D eigenvalue weighted by Gasteiger charge is 2.16. The molecule has 4 N–H and O–H groups in total. The van der Waals surface area contributed by atoms with Gasteiger partial charge in [0.2, 0.25) is 17.8 Å². The van der Waals surface area contributed by atoms with Crippen LogP contribution in [0, 0.1) is 0 Å². The Hall–Kier alpha value is -2.26. The fourth-order valence-corrected chi connectivity index (χ4v) is 1.87. The molecule has 0 saturated carbocycles. The number of aliphatic hydroxyl groups is 1. The number of aliphatic hydroxyl groups excluding tert-OH is 1. The van der Waals surface area contributed by atoms with Gasteiger partial charge in [0.25, 0.3) is 0 Å². The van der Waals surface area contributed by atoms with E-state index in [1.54, 1.807) is 23.3 Å². The van der Waals surface area contributed by atoms with Gasteiger partial charge in [-0.3, -0.25) is 9.99 Å². The van der Waals surface area contributed by atoms with Gasteiger partial charge in [-0.15, -0.1) is 0 Å². The average Bonchev–Trinajstić information content (AvgIpc) is 3.01. The molecule has 0 unspecified atom stereocenters. The van der Waals surface area contributed by atoms with E-state index in [1.165, 1.54) is 0 Å². The zero-order valence-corrected chi connectivity index (χ0v) is 12.1. The molecule has 0 atom stereocenters. The average molecular weight is 292 g/mol. The number of rotatable bonds is 7. The topological polar surface area (TPSA) is 118 Å². The molecule has 2 aromatic heterocycles. The van der Waals surface area contributed by atoms with E-state index in [4.69, 9.17) is 10.9 Å². The zero-order chi connectivity index (χ0) is 15.2. The number of hydrogen-bond acceptors (Lipinski definition) is 8. The molecule has 2 rings (SSSR count). The van der Waals surface area contributed by atoms with Crippen molar-refractivity contribution < 1.29 is 5.11 Å². The zero-order valence-electron chi connectivity index (χ0n) is 12.1. The van der Waals surface area contributed by atoms with Crippen LogP contribution in [0.25, 0.3) is 5.95 Å². The number of hydrogen-bond donors (Lipinski definition) is 3. The van der Waals surface area contributed by atoms with Crippen LogP contribution in [0.3, 0.4) is 0 Å². The second kappa shape index (κ2) is 6.95. The van der Waals surface area contributed by atoms with Crippen molar-refractivity contribution in [2.24, 2.45) is 5.84 Å². The van der Waals surface area contributed by atoms with Crippen LogP contribution in [0.15, 0.2) is 18.7 Å². The maximum absolute atomic E-state index is 9.02. The maximum Gasteiger partial charge on any atom is 0.243 e. The highest BCUT2D eigenvalue weighted by atomic mass is 16.3. The fourth-order valence-electron chi connectivity index (χ4n) is 1.87. The molecule has 0 radical (unpaired) electrons. The molecule has 0 aliphatic heterocycles. The molecule has 21 heavy (non-hydrogen) atoms. The molecule has 0 fully saturated rings. The van der Waals surface area contributed by atoms with Crippen LogP contribution in [-0.4, -0.2) is 48.8 Å². The minimum atomic E-state index is 0.116. The first-order valence-electron chi connectivity index (χ1n) is 6.74. The van der Waals surface area contributed by atoms with Crippen molar-refractivity contribution in [3.63, 3.8) is 0 Å². The van der Waals surface area contributed by atoms with Gasteiger partial charge in [-0.25, -0.2) is 10.8 Å². The van der Waals surface area contributed by atoms with Gasteiger partial charge >= 0.3 is 0 Å². The van der Waals surface area contributed by atoms with Gasteiger partial charge in [-0.05, 0) is 20.3 Å². The second-order valence-corrected chi connectivity index (χ2v) is 4.74. The van der Waals surface area contributed by atoms with Gasteiger partial charge in [-0.2, -0.15) is 15.0 Å². The second-order valence-electron chi connectivity index (χ2n) is 4.74. The Morgan fingerprint density at radius 1 is 1.38 bits per heavy atom. The number of hydrazine groups is 1. The molecule has 2 heterocycles. The highest BCUT2D eigenvalue weighted by Crippen LogP contribution is 2.15. The van der Waals surface area contributed by atoms with Crippen molar-refractivity contribution in [3.05, 3.63) is 18.7 Å². The summed E-state index contributed by atoms with van der Waals surface area (Å²) in [6.45, 7) is 4.83. The molecule has 9 nitrogen and oxygen atoms in total. The van der Waals surface area contributed by atoms with Gasteiger partial charge in [0, 0.05) is 31.6 Å². The molecule has 9 heteroatoms. The van der Waals surface area contributed by atoms with Crippen LogP contribution >= 0.6 is 0 Å². The Labute approximate surface area is 122 Å². The quantitative estimate of drug-likeness (QED) is 0.480. The van der Waals surface area contributed by atoms with Crippen molar-refractivity contribution in [2.45, 2.75) is 26.3 Å². The molecule has 0 aromatic carbocycles. The van der Waals surface area contributed by atoms with Crippen LogP contribution in [0.4, 0.5) is 11.9 Å². The van der Waals surface area contributed by atoms with E-state index in [1.807, 2.05) is 18.7 Å². The van der Waals surface area contributed by atoms with E-state index in [-0.39, 0.29) is 18.6 Å². The van der Waals surface area contributed by atoms with E-state index in [0.717, 1.165) is 0 Å². The van der Waals surface area contributed by atoms with Crippen molar-refractivity contribution in [1.82, 2.24) is 24.5 Å². The van der Waals surface area contributed by atoms with Crippen LogP contribution in [0.2, 0.25) is 0 Å². The van der Waals surface area contributed by atoms with Gasteiger partial charge in [0.1, 0.15) is 6.33 Å². The maximum atomic E-state index is 9.02. The van der Waals surface area contributed by atoms with Crippen molar-refractivity contribution in [2.75, 3.05) is 23.5 Å². The van der Waals surface area contributed by atoms with E-state index >= 15 is 0 Å².